The molecule has 0 unspecified atom stereocenters. The summed E-state index contributed by atoms with van der Waals surface area (Å²) in [5.41, 5.74) is 4.17. The van der Waals surface area contributed by atoms with Gasteiger partial charge in [-0.15, -0.1) is 0 Å². The van der Waals surface area contributed by atoms with Crippen LogP contribution in [0.4, 0.5) is 4.39 Å². The predicted octanol–water partition coefficient (Wildman–Crippen LogP) is 3.30. The van der Waals surface area contributed by atoms with Crippen molar-refractivity contribution >= 4 is 16.9 Å². The molecule has 1 amide bonds. The molecule has 2 atom stereocenters. The zero-order valence-electron chi connectivity index (χ0n) is 17.8. The summed E-state index contributed by atoms with van der Waals surface area (Å²) in [5, 5.41) is 11.2. The molecule has 7 nitrogen and oxygen atoms in total. The quantitative estimate of drug-likeness (QED) is 0.519. The number of nitrogens with zero attached hydrogens (tertiary/aromatic N) is 4. The Kier molecular flexibility index (Phi) is 5.14. The third-order valence-electron chi connectivity index (χ3n) is 5.97. The van der Waals surface area contributed by atoms with E-state index in [1.165, 1.54) is 12.3 Å². The normalized spacial score (nSPS) is 18.8. The first-order valence-electron chi connectivity index (χ1n) is 10.5. The first kappa shape index (κ1) is 20.3. The van der Waals surface area contributed by atoms with E-state index in [0.717, 1.165) is 22.3 Å². The number of pyridine rings is 2. The van der Waals surface area contributed by atoms with Crippen molar-refractivity contribution in [3.8, 4) is 11.3 Å². The lowest BCUT2D eigenvalue weighted by Gasteiger charge is -2.20. The standard InChI is InChI=1S/C24H23FN6O/c1-14-9-15(7-8-26-14)22-18-10-16(11-27-23(18)30-29-22)24(32)28-21-13-31(2)12-19(21)17-5-3-4-6-20(17)25/h3-11,19,21H,12-13H2,1-2H3,(H,28,32)(H,27,29,30)/t19-,21-/m0/s1. The molecular weight excluding hydrogens is 407 g/mol. The Labute approximate surface area is 184 Å². The highest BCUT2D eigenvalue weighted by Crippen LogP contribution is 2.30. The van der Waals surface area contributed by atoms with Crippen LogP contribution in [-0.2, 0) is 0 Å². The summed E-state index contributed by atoms with van der Waals surface area (Å²) in [5.74, 6) is -0.601. The molecule has 32 heavy (non-hydrogen) atoms. The number of carbonyl (C=O) groups excluding carboxylic acids is 1. The summed E-state index contributed by atoms with van der Waals surface area (Å²) in [6.07, 6.45) is 3.27. The van der Waals surface area contributed by atoms with E-state index in [9.17, 15) is 9.18 Å². The maximum absolute atomic E-state index is 14.4. The number of fused-ring (bicyclic) bond motifs is 1. The number of amides is 1. The number of likely N-dealkylation sites (tertiary alicyclic amines) is 1. The molecule has 0 radical (unpaired) electrons. The number of hydrogen-bond donors (Lipinski definition) is 2. The molecule has 162 valence electrons. The van der Waals surface area contributed by atoms with Gasteiger partial charge in [0.05, 0.1) is 5.56 Å². The van der Waals surface area contributed by atoms with E-state index in [4.69, 9.17) is 0 Å². The Morgan fingerprint density at radius 3 is 2.84 bits per heavy atom. The zero-order valence-corrected chi connectivity index (χ0v) is 17.8. The van der Waals surface area contributed by atoms with Gasteiger partial charge in [-0.2, -0.15) is 5.10 Å². The molecular formula is C24H23FN6O. The number of halogens is 1. The third kappa shape index (κ3) is 3.73. The molecule has 3 aromatic heterocycles. The smallest absolute Gasteiger partial charge is 0.253 e. The molecule has 1 fully saturated rings. The van der Waals surface area contributed by atoms with Crippen molar-refractivity contribution in [1.29, 1.82) is 0 Å². The Morgan fingerprint density at radius 1 is 1.19 bits per heavy atom. The van der Waals surface area contributed by atoms with E-state index in [1.54, 1.807) is 24.4 Å². The van der Waals surface area contributed by atoms with Gasteiger partial charge in [0.25, 0.3) is 5.91 Å². The zero-order chi connectivity index (χ0) is 22.2. The van der Waals surface area contributed by atoms with Crippen LogP contribution in [0.1, 0.15) is 27.5 Å². The molecule has 2 N–H and O–H groups in total. The summed E-state index contributed by atoms with van der Waals surface area (Å²) < 4.78 is 14.4. The minimum absolute atomic E-state index is 0.119. The Morgan fingerprint density at radius 2 is 2.03 bits per heavy atom. The second kappa shape index (κ2) is 8.12. The molecule has 0 saturated carbocycles. The van der Waals surface area contributed by atoms with E-state index in [2.05, 4.69) is 30.4 Å². The van der Waals surface area contributed by atoms with Crippen LogP contribution in [0.3, 0.4) is 0 Å². The molecule has 4 heterocycles. The fraction of sp³-hybridized carbons (Fsp3) is 0.250. The molecule has 1 saturated heterocycles. The third-order valence-corrected chi connectivity index (χ3v) is 5.97. The number of aromatic amines is 1. The first-order valence-corrected chi connectivity index (χ1v) is 10.5. The lowest BCUT2D eigenvalue weighted by Crippen LogP contribution is -2.39. The summed E-state index contributed by atoms with van der Waals surface area (Å²) in [6.45, 7) is 3.24. The number of rotatable bonds is 4. The lowest BCUT2D eigenvalue weighted by molar-refractivity contribution is 0.0935. The van der Waals surface area contributed by atoms with Crippen LogP contribution in [0, 0.1) is 12.7 Å². The second-order valence-corrected chi connectivity index (χ2v) is 8.31. The van der Waals surface area contributed by atoms with E-state index in [-0.39, 0.29) is 23.7 Å². The largest absolute Gasteiger partial charge is 0.347 e. The van der Waals surface area contributed by atoms with Gasteiger partial charge in [0.15, 0.2) is 5.65 Å². The fourth-order valence-corrected chi connectivity index (χ4v) is 4.43. The number of aryl methyl sites for hydroxylation is 1. The van der Waals surface area contributed by atoms with Gasteiger partial charge < -0.3 is 10.2 Å². The topological polar surface area (TPSA) is 86.8 Å². The van der Waals surface area contributed by atoms with E-state index in [1.807, 2.05) is 32.2 Å². The van der Waals surface area contributed by atoms with Crippen LogP contribution in [0.2, 0.25) is 0 Å². The second-order valence-electron chi connectivity index (χ2n) is 8.31. The highest BCUT2D eigenvalue weighted by atomic mass is 19.1. The van der Waals surface area contributed by atoms with Gasteiger partial charge in [0.1, 0.15) is 11.5 Å². The first-order chi connectivity index (χ1) is 15.5. The van der Waals surface area contributed by atoms with Crippen LogP contribution in [-0.4, -0.2) is 57.2 Å². The number of likely N-dealkylation sites (N-methyl/N-ethyl adjacent to an activating group) is 1. The van der Waals surface area contributed by atoms with Gasteiger partial charge >= 0.3 is 0 Å². The highest BCUT2D eigenvalue weighted by Gasteiger charge is 2.34. The van der Waals surface area contributed by atoms with Crippen LogP contribution in [0.25, 0.3) is 22.3 Å². The summed E-state index contributed by atoms with van der Waals surface area (Å²) >= 11 is 0. The van der Waals surface area contributed by atoms with Crippen molar-refractivity contribution in [2.75, 3.05) is 20.1 Å². The van der Waals surface area contributed by atoms with Crippen LogP contribution in [0.5, 0.6) is 0 Å². The van der Waals surface area contributed by atoms with E-state index < -0.39 is 0 Å². The average Bonchev–Trinajstić information content (AvgIpc) is 3.36. The molecule has 5 rings (SSSR count). The Hall–Kier alpha value is -3.65. The van der Waals surface area contributed by atoms with Gasteiger partial charge in [0.2, 0.25) is 0 Å². The average molecular weight is 430 g/mol. The summed E-state index contributed by atoms with van der Waals surface area (Å²) in [6, 6.07) is 12.2. The monoisotopic (exact) mass is 430 g/mol. The number of H-pyrrole nitrogens is 1. The number of aromatic nitrogens is 4. The van der Waals surface area contributed by atoms with Gasteiger partial charge in [-0.25, -0.2) is 9.37 Å². The van der Waals surface area contributed by atoms with E-state index in [0.29, 0.717) is 29.9 Å². The number of carbonyl (C=O) groups is 1. The van der Waals surface area contributed by atoms with E-state index >= 15 is 0 Å². The van der Waals surface area contributed by atoms with Gasteiger partial charge in [0, 0.05) is 54.1 Å². The molecule has 8 heteroatoms. The number of hydrogen-bond acceptors (Lipinski definition) is 5. The minimum Gasteiger partial charge on any atom is -0.347 e. The predicted molar refractivity (Wildman–Crippen MR) is 120 cm³/mol. The Bertz CT molecular complexity index is 1300. The van der Waals surface area contributed by atoms with Crippen molar-refractivity contribution in [2.45, 2.75) is 18.9 Å². The van der Waals surface area contributed by atoms with Crippen LogP contribution in [0.15, 0.2) is 54.9 Å². The van der Waals surface area contributed by atoms with Crippen molar-refractivity contribution in [1.82, 2.24) is 30.4 Å². The van der Waals surface area contributed by atoms with Crippen molar-refractivity contribution < 1.29 is 9.18 Å². The summed E-state index contributed by atoms with van der Waals surface area (Å²) in [7, 11) is 1.97. The van der Waals surface area contributed by atoms with Crippen LogP contribution >= 0.6 is 0 Å². The molecule has 1 aliphatic heterocycles. The maximum Gasteiger partial charge on any atom is 0.253 e. The van der Waals surface area contributed by atoms with Gasteiger partial charge in [-0.3, -0.25) is 14.9 Å². The van der Waals surface area contributed by atoms with Crippen LogP contribution < -0.4 is 5.32 Å². The molecule has 1 aromatic carbocycles. The lowest BCUT2D eigenvalue weighted by atomic mass is 9.93. The highest BCUT2D eigenvalue weighted by molar-refractivity contribution is 6.00. The number of nitrogens with one attached hydrogen (secondary N) is 2. The van der Waals surface area contributed by atoms with Crippen molar-refractivity contribution in [3.63, 3.8) is 0 Å². The molecule has 0 spiro atoms. The summed E-state index contributed by atoms with van der Waals surface area (Å²) in [4.78, 5) is 23.8. The van der Waals surface area contributed by atoms with Crippen molar-refractivity contribution in [2.24, 2.45) is 0 Å². The molecule has 1 aliphatic rings. The molecule has 0 aliphatic carbocycles. The SMILES string of the molecule is Cc1cc(-c2n[nH]c3ncc(C(=O)N[C@H]4CN(C)C[C@H]4c4ccccc4F)cc23)ccn1. The minimum atomic E-state index is -0.245. The Balaban J connectivity index is 1.43. The van der Waals surface area contributed by atoms with Gasteiger partial charge in [-0.1, -0.05) is 18.2 Å². The van der Waals surface area contributed by atoms with Gasteiger partial charge in [-0.05, 0) is 43.8 Å². The fourth-order valence-electron chi connectivity index (χ4n) is 4.43. The molecule has 0 bridgehead atoms. The molecule has 4 aromatic rings. The van der Waals surface area contributed by atoms with Crippen molar-refractivity contribution in [3.05, 3.63) is 77.5 Å². The maximum atomic E-state index is 14.4. The number of benzene rings is 1.